The number of ketones is 1. The summed E-state index contributed by atoms with van der Waals surface area (Å²) in [6, 6.07) is 20.9. The van der Waals surface area contributed by atoms with Crippen LogP contribution in [0.4, 0.5) is 0 Å². The van der Waals surface area contributed by atoms with Gasteiger partial charge in [-0.05, 0) is 95.6 Å². The molecule has 190 valence electrons. The third-order valence-corrected chi connectivity index (χ3v) is 9.48. The molecule has 3 saturated heterocycles. The molecule has 0 aliphatic carbocycles. The second-order valence-electron chi connectivity index (χ2n) is 11.5. The van der Waals surface area contributed by atoms with Gasteiger partial charge in [0.2, 0.25) is 0 Å². The van der Waals surface area contributed by atoms with Crippen molar-refractivity contribution < 1.29 is 4.79 Å². The molecule has 3 atom stereocenters. The molecule has 3 aromatic rings. The van der Waals surface area contributed by atoms with Gasteiger partial charge in [0, 0.05) is 30.0 Å². The van der Waals surface area contributed by atoms with Crippen molar-refractivity contribution in [1.29, 1.82) is 0 Å². The average Bonchev–Trinajstić information content (AvgIpc) is 3.37. The molecule has 3 aliphatic rings. The van der Waals surface area contributed by atoms with Crippen molar-refractivity contribution in [2.75, 3.05) is 19.6 Å². The number of imidazole rings is 1. The Labute approximate surface area is 215 Å². The summed E-state index contributed by atoms with van der Waals surface area (Å²) in [5, 5.41) is 3.50. The van der Waals surface area contributed by atoms with Crippen LogP contribution in [0.25, 0.3) is 11.0 Å². The van der Waals surface area contributed by atoms with Crippen LogP contribution in [-0.4, -0.2) is 52.0 Å². The van der Waals surface area contributed by atoms with Crippen LogP contribution in [0.1, 0.15) is 68.8 Å². The van der Waals surface area contributed by atoms with E-state index in [1.165, 1.54) is 36.8 Å². The highest BCUT2D eigenvalue weighted by atomic mass is 16.1. The van der Waals surface area contributed by atoms with Gasteiger partial charge in [0.15, 0.2) is 0 Å². The first-order valence-electron chi connectivity index (χ1n) is 14.1. The number of rotatable bonds is 8. The van der Waals surface area contributed by atoms with Crippen LogP contribution in [0.3, 0.4) is 0 Å². The molecule has 1 N–H and O–H groups in total. The number of hydrogen-bond acceptors (Lipinski definition) is 4. The number of hydrogen-bond donors (Lipinski definition) is 1. The fraction of sp³-hybridized carbons (Fsp3) is 0.548. The molecular formula is C31H40N4O. The first-order chi connectivity index (χ1) is 17.6. The number of nitrogens with one attached hydrogen (secondary N) is 1. The molecule has 36 heavy (non-hydrogen) atoms. The zero-order chi connectivity index (χ0) is 24.5. The summed E-state index contributed by atoms with van der Waals surface area (Å²) in [6.45, 7) is 5.18. The van der Waals surface area contributed by atoms with Crippen molar-refractivity contribution in [3.8, 4) is 0 Å². The normalized spacial score (nSPS) is 25.9. The standard InChI is InChI=1S/C31H40N4O/c1-23-33-28-9-5-6-10-29(28)35(23)27-21-25-12-13-26(22-27)34(25)20-17-31(15-18-32-19-16-31)30(36)14-11-24-7-3-2-4-8-24/h2-10,25-27,32H,11-22H2,1H3/t25-,26+,27?. The maximum atomic E-state index is 13.7. The molecule has 2 bridgehead atoms. The van der Waals surface area contributed by atoms with Crippen molar-refractivity contribution in [2.24, 2.45) is 5.41 Å². The van der Waals surface area contributed by atoms with Gasteiger partial charge in [-0.2, -0.15) is 0 Å². The van der Waals surface area contributed by atoms with E-state index in [1.54, 1.807) is 0 Å². The number of benzene rings is 2. The minimum Gasteiger partial charge on any atom is -0.325 e. The van der Waals surface area contributed by atoms with Crippen molar-refractivity contribution in [3.05, 3.63) is 66.0 Å². The van der Waals surface area contributed by atoms with Crippen molar-refractivity contribution in [2.45, 2.75) is 82.8 Å². The summed E-state index contributed by atoms with van der Waals surface area (Å²) in [7, 11) is 0. The largest absolute Gasteiger partial charge is 0.325 e. The second kappa shape index (κ2) is 10.1. The van der Waals surface area contributed by atoms with Gasteiger partial charge in [0.25, 0.3) is 0 Å². The van der Waals surface area contributed by atoms with Crippen LogP contribution < -0.4 is 5.32 Å². The predicted molar refractivity (Wildman–Crippen MR) is 145 cm³/mol. The number of nitrogens with zero attached hydrogens (tertiary/aromatic N) is 3. The fourth-order valence-corrected chi connectivity index (χ4v) is 7.53. The number of piperidine rings is 2. The highest BCUT2D eigenvalue weighted by Gasteiger charge is 2.44. The zero-order valence-corrected chi connectivity index (χ0v) is 21.7. The number of fused-ring (bicyclic) bond motifs is 3. The lowest BCUT2D eigenvalue weighted by atomic mass is 9.71. The molecule has 3 fully saturated rings. The molecule has 0 saturated carbocycles. The summed E-state index contributed by atoms with van der Waals surface area (Å²) in [4.78, 5) is 21.3. The maximum Gasteiger partial charge on any atom is 0.139 e. The monoisotopic (exact) mass is 484 g/mol. The average molecular weight is 485 g/mol. The molecule has 3 aliphatic heterocycles. The van der Waals surface area contributed by atoms with E-state index in [-0.39, 0.29) is 5.41 Å². The number of aryl methyl sites for hydroxylation is 2. The van der Waals surface area contributed by atoms with Gasteiger partial charge in [0.05, 0.1) is 11.0 Å². The minimum atomic E-state index is -0.145. The van der Waals surface area contributed by atoms with E-state index in [2.05, 4.69) is 70.2 Å². The third kappa shape index (κ3) is 4.52. The molecule has 0 spiro atoms. The Morgan fingerprint density at radius 2 is 1.67 bits per heavy atom. The minimum absolute atomic E-state index is 0.145. The van der Waals surface area contributed by atoms with Crippen LogP contribution >= 0.6 is 0 Å². The van der Waals surface area contributed by atoms with Gasteiger partial charge >= 0.3 is 0 Å². The van der Waals surface area contributed by atoms with Crippen LogP contribution in [0, 0.1) is 12.3 Å². The molecule has 2 aromatic carbocycles. The summed E-state index contributed by atoms with van der Waals surface area (Å²) < 4.78 is 2.51. The zero-order valence-electron chi connectivity index (χ0n) is 21.7. The number of carbonyl (C=O) groups is 1. The Bertz CT molecular complexity index is 1180. The van der Waals surface area contributed by atoms with Gasteiger partial charge in [-0.15, -0.1) is 0 Å². The predicted octanol–water partition coefficient (Wildman–Crippen LogP) is 5.47. The van der Waals surface area contributed by atoms with E-state index in [9.17, 15) is 4.79 Å². The van der Waals surface area contributed by atoms with Crippen LogP contribution in [0.5, 0.6) is 0 Å². The lowest BCUT2D eigenvalue weighted by Gasteiger charge is -2.43. The number of carbonyl (C=O) groups excluding carboxylic acids is 1. The van der Waals surface area contributed by atoms with Crippen LogP contribution in [0.2, 0.25) is 0 Å². The van der Waals surface area contributed by atoms with Gasteiger partial charge in [0.1, 0.15) is 11.6 Å². The summed E-state index contributed by atoms with van der Waals surface area (Å²) in [5.74, 6) is 1.64. The summed E-state index contributed by atoms with van der Waals surface area (Å²) in [5.41, 5.74) is 3.53. The molecule has 1 unspecified atom stereocenters. The smallest absolute Gasteiger partial charge is 0.139 e. The Kier molecular flexibility index (Phi) is 6.70. The second-order valence-corrected chi connectivity index (χ2v) is 11.5. The van der Waals surface area contributed by atoms with Gasteiger partial charge in [-0.25, -0.2) is 4.98 Å². The van der Waals surface area contributed by atoms with E-state index in [4.69, 9.17) is 4.98 Å². The molecule has 4 heterocycles. The molecule has 6 rings (SSSR count). The van der Waals surface area contributed by atoms with E-state index < -0.39 is 0 Å². The first kappa shape index (κ1) is 23.9. The van der Waals surface area contributed by atoms with Crippen LogP contribution in [-0.2, 0) is 11.2 Å². The lowest BCUT2D eigenvalue weighted by molar-refractivity contribution is -0.131. The van der Waals surface area contributed by atoms with Gasteiger partial charge < -0.3 is 9.88 Å². The van der Waals surface area contributed by atoms with Gasteiger partial charge in [-0.3, -0.25) is 9.69 Å². The molecule has 5 heteroatoms. The molecular weight excluding hydrogens is 444 g/mol. The Morgan fingerprint density at radius 3 is 2.42 bits per heavy atom. The van der Waals surface area contributed by atoms with Crippen molar-refractivity contribution in [1.82, 2.24) is 19.8 Å². The highest BCUT2D eigenvalue weighted by molar-refractivity contribution is 5.85. The molecule has 1 aromatic heterocycles. The maximum absolute atomic E-state index is 13.7. The summed E-state index contributed by atoms with van der Waals surface area (Å²) >= 11 is 0. The Morgan fingerprint density at radius 1 is 0.972 bits per heavy atom. The van der Waals surface area contributed by atoms with E-state index in [0.29, 0.717) is 30.3 Å². The quantitative estimate of drug-likeness (QED) is 0.460. The molecule has 0 amide bonds. The fourth-order valence-electron chi connectivity index (χ4n) is 7.53. The highest BCUT2D eigenvalue weighted by Crippen LogP contribution is 2.44. The Hall–Kier alpha value is -2.50. The van der Waals surface area contributed by atoms with Crippen LogP contribution in [0.15, 0.2) is 54.6 Å². The SMILES string of the molecule is Cc1nc2ccccc2n1C1C[C@H]2CC[C@@H](C1)N2CCC1(C(=O)CCc2ccccc2)CCNCC1. The molecule has 5 nitrogen and oxygen atoms in total. The first-order valence-corrected chi connectivity index (χ1v) is 14.1. The molecule has 0 radical (unpaired) electrons. The number of Topliss-reactive ketones (excluding diaryl/α,β-unsaturated/α-hetero) is 1. The van der Waals surface area contributed by atoms with E-state index >= 15 is 0 Å². The van der Waals surface area contributed by atoms with E-state index in [0.717, 1.165) is 56.7 Å². The number of aromatic nitrogens is 2. The number of para-hydroxylation sites is 2. The summed E-state index contributed by atoms with van der Waals surface area (Å²) in [6.07, 6.45) is 9.54. The van der Waals surface area contributed by atoms with Gasteiger partial charge in [-0.1, -0.05) is 42.5 Å². The Balaban J connectivity index is 1.13. The van der Waals surface area contributed by atoms with Crippen molar-refractivity contribution in [3.63, 3.8) is 0 Å². The van der Waals surface area contributed by atoms with E-state index in [1.807, 2.05) is 6.07 Å². The topological polar surface area (TPSA) is 50.2 Å². The third-order valence-electron chi connectivity index (χ3n) is 9.48. The van der Waals surface area contributed by atoms with Crippen molar-refractivity contribution >= 4 is 16.8 Å². The lowest BCUT2D eigenvalue weighted by Crippen LogP contribution is -2.48.